The molecule has 2 unspecified atom stereocenters. The average Bonchev–Trinajstić information content (AvgIpc) is 2.87. The minimum absolute atomic E-state index is 0.0422. The number of nitrogens with zero attached hydrogens (tertiary/aromatic N) is 2. The molecule has 0 aromatic heterocycles. The van der Waals surface area contributed by atoms with Crippen LogP contribution in [0.5, 0.6) is 0 Å². The number of ether oxygens (including phenoxy) is 1. The maximum atomic E-state index is 12.0. The number of amides is 1. The van der Waals surface area contributed by atoms with Gasteiger partial charge in [0.15, 0.2) is 0 Å². The second-order valence-corrected chi connectivity index (χ2v) is 5.62. The summed E-state index contributed by atoms with van der Waals surface area (Å²) in [5.74, 6) is -0.565. The fraction of sp³-hybridized carbons (Fsp3) is 0.867. The number of esters is 1. The zero-order valence-corrected chi connectivity index (χ0v) is 13.4. The van der Waals surface area contributed by atoms with E-state index in [0.717, 1.165) is 25.9 Å². The zero-order chi connectivity index (χ0) is 15.8. The van der Waals surface area contributed by atoms with Crippen molar-refractivity contribution in [1.29, 1.82) is 0 Å². The molecule has 0 aromatic rings. The van der Waals surface area contributed by atoms with Crippen LogP contribution >= 0.6 is 0 Å². The molecule has 0 bridgehead atoms. The molecular weight excluding hydrogens is 272 g/mol. The van der Waals surface area contributed by atoms with Crippen molar-refractivity contribution in [2.24, 2.45) is 5.92 Å². The zero-order valence-electron chi connectivity index (χ0n) is 13.4. The molecule has 122 valence electrons. The number of aliphatic hydroxyl groups excluding tert-OH is 1. The number of methoxy groups -OCH3 is 1. The number of hydrogen-bond donors (Lipinski definition) is 1. The van der Waals surface area contributed by atoms with E-state index in [-0.39, 0.29) is 36.9 Å². The highest BCUT2D eigenvalue weighted by Crippen LogP contribution is 2.23. The third kappa shape index (κ3) is 5.28. The number of rotatable bonds is 9. The molecule has 1 saturated heterocycles. The maximum Gasteiger partial charge on any atom is 0.310 e. The van der Waals surface area contributed by atoms with Gasteiger partial charge in [-0.15, -0.1) is 0 Å². The fourth-order valence-electron chi connectivity index (χ4n) is 2.82. The summed E-state index contributed by atoms with van der Waals surface area (Å²) < 4.78 is 4.72. The lowest BCUT2D eigenvalue weighted by atomic mass is 10.1. The predicted molar refractivity (Wildman–Crippen MR) is 79.7 cm³/mol. The molecule has 0 aliphatic carbocycles. The van der Waals surface area contributed by atoms with E-state index in [0.29, 0.717) is 13.1 Å². The highest BCUT2D eigenvalue weighted by Gasteiger charge is 2.36. The number of aliphatic hydroxyl groups is 1. The Morgan fingerprint density at radius 2 is 2.24 bits per heavy atom. The summed E-state index contributed by atoms with van der Waals surface area (Å²) in [6.45, 7) is 7.28. The number of hydrogen-bond acceptors (Lipinski definition) is 5. The lowest BCUT2D eigenvalue weighted by Crippen LogP contribution is -2.36. The monoisotopic (exact) mass is 300 g/mol. The molecule has 1 N–H and O–H groups in total. The van der Waals surface area contributed by atoms with Gasteiger partial charge in [0, 0.05) is 25.6 Å². The summed E-state index contributed by atoms with van der Waals surface area (Å²) in [6.07, 6.45) is 2.14. The predicted octanol–water partition coefficient (Wildman–Crippen LogP) is 0.491. The van der Waals surface area contributed by atoms with Gasteiger partial charge in [-0.25, -0.2) is 0 Å². The maximum absolute atomic E-state index is 12.0. The molecule has 2 atom stereocenters. The summed E-state index contributed by atoms with van der Waals surface area (Å²) in [7, 11) is 1.36. The van der Waals surface area contributed by atoms with Crippen LogP contribution in [-0.4, -0.2) is 72.7 Å². The van der Waals surface area contributed by atoms with Gasteiger partial charge in [-0.3, -0.25) is 9.59 Å². The molecular formula is C15H28N2O4. The fourth-order valence-corrected chi connectivity index (χ4v) is 2.82. The van der Waals surface area contributed by atoms with Crippen molar-refractivity contribution in [2.45, 2.75) is 39.2 Å². The molecule has 1 rings (SSSR count). The van der Waals surface area contributed by atoms with Crippen LogP contribution in [0.25, 0.3) is 0 Å². The van der Waals surface area contributed by atoms with Gasteiger partial charge in [0.1, 0.15) is 0 Å². The van der Waals surface area contributed by atoms with E-state index >= 15 is 0 Å². The van der Waals surface area contributed by atoms with Crippen molar-refractivity contribution >= 4 is 11.9 Å². The summed E-state index contributed by atoms with van der Waals surface area (Å²) in [4.78, 5) is 27.5. The highest BCUT2D eigenvalue weighted by molar-refractivity contribution is 5.86. The molecule has 1 fully saturated rings. The van der Waals surface area contributed by atoms with Crippen LogP contribution in [0.1, 0.15) is 33.1 Å². The van der Waals surface area contributed by atoms with E-state index in [1.165, 1.54) is 7.11 Å². The van der Waals surface area contributed by atoms with Crippen molar-refractivity contribution < 1.29 is 19.4 Å². The van der Waals surface area contributed by atoms with Gasteiger partial charge in [0.05, 0.1) is 19.6 Å². The normalized spacial score (nSPS) is 20.1. The number of carbonyl (C=O) groups excluding carboxylic acids is 2. The van der Waals surface area contributed by atoms with Crippen LogP contribution in [0.3, 0.4) is 0 Å². The number of likely N-dealkylation sites (tertiary alicyclic amines) is 1. The van der Waals surface area contributed by atoms with E-state index in [4.69, 9.17) is 9.84 Å². The third-order valence-electron chi connectivity index (χ3n) is 4.18. The minimum Gasteiger partial charge on any atom is -0.469 e. The van der Waals surface area contributed by atoms with Crippen LogP contribution in [0.2, 0.25) is 0 Å². The SMILES string of the molecule is CCN(CCO)CCCC(C)N1CC(C(=O)OC)CC1=O. The molecule has 0 saturated carbocycles. The second-order valence-electron chi connectivity index (χ2n) is 5.62. The van der Waals surface area contributed by atoms with E-state index in [1.54, 1.807) is 4.90 Å². The van der Waals surface area contributed by atoms with Crippen LogP contribution in [-0.2, 0) is 14.3 Å². The largest absolute Gasteiger partial charge is 0.469 e. The van der Waals surface area contributed by atoms with Crippen LogP contribution in [0.4, 0.5) is 0 Å². The van der Waals surface area contributed by atoms with E-state index in [9.17, 15) is 9.59 Å². The molecule has 1 aliphatic heterocycles. The van der Waals surface area contributed by atoms with Crippen molar-refractivity contribution in [3.63, 3.8) is 0 Å². The van der Waals surface area contributed by atoms with Crippen molar-refractivity contribution in [3.8, 4) is 0 Å². The highest BCUT2D eigenvalue weighted by atomic mass is 16.5. The molecule has 6 nitrogen and oxygen atoms in total. The lowest BCUT2D eigenvalue weighted by molar-refractivity contribution is -0.145. The van der Waals surface area contributed by atoms with Gasteiger partial charge in [-0.2, -0.15) is 0 Å². The van der Waals surface area contributed by atoms with Gasteiger partial charge in [-0.05, 0) is 32.9 Å². The first kappa shape index (κ1) is 17.9. The Kier molecular flexibility index (Phi) is 7.67. The molecule has 0 aromatic carbocycles. The molecule has 21 heavy (non-hydrogen) atoms. The Labute approximate surface area is 127 Å². The van der Waals surface area contributed by atoms with Crippen LogP contribution < -0.4 is 0 Å². The van der Waals surface area contributed by atoms with E-state index in [1.807, 2.05) is 6.92 Å². The smallest absolute Gasteiger partial charge is 0.310 e. The van der Waals surface area contributed by atoms with Crippen molar-refractivity contribution in [3.05, 3.63) is 0 Å². The van der Waals surface area contributed by atoms with Crippen LogP contribution in [0.15, 0.2) is 0 Å². The van der Waals surface area contributed by atoms with Gasteiger partial charge in [0.25, 0.3) is 0 Å². The number of carbonyl (C=O) groups is 2. The Morgan fingerprint density at radius 3 is 2.81 bits per heavy atom. The summed E-state index contributed by atoms with van der Waals surface area (Å²) in [6, 6.07) is 0.139. The van der Waals surface area contributed by atoms with Crippen LogP contribution in [0, 0.1) is 5.92 Å². The minimum atomic E-state index is -0.313. The summed E-state index contributed by atoms with van der Waals surface area (Å²) in [5, 5.41) is 8.95. The molecule has 1 amide bonds. The topological polar surface area (TPSA) is 70.1 Å². The first-order valence-corrected chi connectivity index (χ1v) is 7.73. The molecule has 0 spiro atoms. The first-order valence-electron chi connectivity index (χ1n) is 7.73. The molecule has 6 heteroatoms. The van der Waals surface area contributed by atoms with Gasteiger partial charge >= 0.3 is 5.97 Å². The van der Waals surface area contributed by atoms with E-state index < -0.39 is 0 Å². The number of likely N-dealkylation sites (N-methyl/N-ethyl adjacent to an activating group) is 1. The Balaban J connectivity index is 2.36. The van der Waals surface area contributed by atoms with E-state index in [2.05, 4.69) is 11.8 Å². The average molecular weight is 300 g/mol. The quantitative estimate of drug-likeness (QED) is 0.628. The second kappa shape index (κ2) is 9.00. The lowest BCUT2D eigenvalue weighted by Gasteiger charge is -2.26. The summed E-state index contributed by atoms with van der Waals surface area (Å²) in [5.41, 5.74) is 0. The Hall–Kier alpha value is -1.14. The molecule has 1 heterocycles. The van der Waals surface area contributed by atoms with Crippen molar-refractivity contribution in [1.82, 2.24) is 9.80 Å². The molecule has 0 radical (unpaired) electrons. The third-order valence-corrected chi connectivity index (χ3v) is 4.18. The van der Waals surface area contributed by atoms with Gasteiger partial charge in [0.2, 0.25) is 5.91 Å². The Morgan fingerprint density at radius 1 is 1.52 bits per heavy atom. The van der Waals surface area contributed by atoms with Gasteiger partial charge < -0.3 is 19.6 Å². The van der Waals surface area contributed by atoms with Crippen molar-refractivity contribution in [2.75, 3.05) is 39.9 Å². The molecule has 1 aliphatic rings. The first-order chi connectivity index (χ1) is 10.0. The van der Waals surface area contributed by atoms with Gasteiger partial charge in [-0.1, -0.05) is 6.92 Å². The summed E-state index contributed by atoms with van der Waals surface area (Å²) >= 11 is 0. The Bertz CT molecular complexity index is 349. The standard InChI is InChI=1S/C15H28N2O4/c1-4-16(8-9-18)7-5-6-12(2)17-11-13(10-14(17)19)15(20)21-3/h12-13,18H,4-11H2,1-3H3.